The number of esters is 1. The van der Waals surface area contributed by atoms with E-state index in [-0.39, 0.29) is 12.5 Å². The van der Waals surface area contributed by atoms with E-state index in [0.717, 1.165) is 19.3 Å². The van der Waals surface area contributed by atoms with E-state index >= 15 is 0 Å². The third kappa shape index (κ3) is 5.20. The molecule has 0 spiro atoms. The SMILES string of the molecule is CC(OC(=O)NCC1(C(=O)O)CCCCC1)OC(=O)C(C)C. The van der Waals surface area contributed by atoms with Gasteiger partial charge in [-0.25, -0.2) is 4.79 Å². The number of amides is 1. The summed E-state index contributed by atoms with van der Waals surface area (Å²) < 4.78 is 9.81. The number of carbonyl (C=O) groups is 3. The lowest BCUT2D eigenvalue weighted by molar-refractivity contribution is -0.168. The fourth-order valence-electron chi connectivity index (χ4n) is 2.45. The lowest BCUT2D eigenvalue weighted by Gasteiger charge is -2.33. The van der Waals surface area contributed by atoms with E-state index in [1.165, 1.54) is 6.92 Å². The average Bonchev–Trinajstić information content (AvgIpc) is 2.45. The summed E-state index contributed by atoms with van der Waals surface area (Å²) in [6.45, 7) is 4.81. The van der Waals surface area contributed by atoms with E-state index in [4.69, 9.17) is 9.47 Å². The molecule has 0 aromatic heterocycles. The van der Waals surface area contributed by atoms with Crippen LogP contribution in [0.1, 0.15) is 52.9 Å². The molecule has 7 nitrogen and oxygen atoms in total. The molecule has 0 saturated heterocycles. The van der Waals surface area contributed by atoms with Crippen molar-refractivity contribution < 1.29 is 29.0 Å². The molecule has 1 aliphatic carbocycles. The van der Waals surface area contributed by atoms with Gasteiger partial charge in [0, 0.05) is 13.5 Å². The maximum atomic E-state index is 11.7. The lowest BCUT2D eigenvalue weighted by atomic mass is 9.74. The van der Waals surface area contributed by atoms with Gasteiger partial charge >= 0.3 is 18.0 Å². The monoisotopic (exact) mass is 315 g/mol. The highest BCUT2D eigenvalue weighted by atomic mass is 16.7. The van der Waals surface area contributed by atoms with Gasteiger partial charge in [-0.1, -0.05) is 33.1 Å². The average molecular weight is 315 g/mol. The fraction of sp³-hybridized carbons (Fsp3) is 0.800. The van der Waals surface area contributed by atoms with Gasteiger partial charge in [-0.2, -0.15) is 0 Å². The van der Waals surface area contributed by atoms with Crippen molar-refractivity contribution >= 4 is 18.0 Å². The van der Waals surface area contributed by atoms with E-state index in [9.17, 15) is 19.5 Å². The smallest absolute Gasteiger partial charge is 0.410 e. The highest BCUT2D eigenvalue weighted by Crippen LogP contribution is 2.36. The Bertz CT molecular complexity index is 414. The van der Waals surface area contributed by atoms with Crippen molar-refractivity contribution in [2.75, 3.05) is 6.54 Å². The molecule has 0 aromatic rings. The van der Waals surface area contributed by atoms with Crippen LogP contribution < -0.4 is 5.32 Å². The van der Waals surface area contributed by atoms with E-state index < -0.39 is 29.7 Å². The Morgan fingerprint density at radius 2 is 1.68 bits per heavy atom. The predicted octanol–water partition coefficient (Wildman–Crippen LogP) is 2.29. The Labute approximate surface area is 130 Å². The zero-order valence-corrected chi connectivity index (χ0v) is 13.4. The summed E-state index contributed by atoms with van der Waals surface area (Å²) in [6.07, 6.45) is 1.98. The third-order valence-electron chi connectivity index (χ3n) is 3.86. The highest BCUT2D eigenvalue weighted by molar-refractivity contribution is 5.76. The van der Waals surface area contributed by atoms with Crippen LogP contribution in [0.5, 0.6) is 0 Å². The van der Waals surface area contributed by atoms with Crippen molar-refractivity contribution in [2.24, 2.45) is 11.3 Å². The molecule has 0 radical (unpaired) electrons. The van der Waals surface area contributed by atoms with Crippen LogP contribution in [0.3, 0.4) is 0 Å². The Hall–Kier alpha value is -1.79. The molecule has 1 unspecified atom stereocenters. The van der Waals surface area contributed by atoms with Gasteiger partial charge in [0.1, 0.15) is 0 Å². The van der Waals surface area contributed by atoms with Crippen molar-refractivity contribution in [3.8, 4) is 0 Å². The number of hydrogen-bond acceptors (Lipinski definition) is 5. The van der Waals surface area contributed by atoms with Crippen molar-refractivity contribution in [2.45, 2.75) is 59.2 Å². The second kappa shape index (κ2) is 8.00. The lowest BCUT2D eigenvalue weighted by Crippen LogP contribution is -2.45. The molecule has 7 heteroatoms. The molecular formula is C15H25NO6. The summed E-state index contributed by atoms with van der Waals surface area (Å²) in [5, 5.41) is 11.9. The van der Waals surface area contributed by atoms with E-state index in [1.807, 2.05) is 0 Å². The van der Waals surface area contributed by atoms with Crippen LogP contribution in [0.25, 0.3) is 0 Å². The predicted molar refractivity (Wildman–Crippen MR) is 78.0 cm³/mol. The summed E-state index contributed by atoms with van der Waals surface area (Å²) in [5.74, 6) is -1.67. The van der Waals surface area contributed by atoms with Crippen molar-refractivity contribution in [3.05, 3.63) is 0 Å². The van der Waals surface area contributed by atoms with Crippen LogP contribution in [0, 0.1) is 11.3 Å². The molecule has 0 bridgehead atoms. The van der Waals surface area contributed by atoms with Gasteiger partial charge in [0.2, 0.25) is 6.29 Å². The molecule has 2 N–H and O–H groups in total. The maximum Gasteiger partial charge on any atom is 0.410 e. The standard InChI is InChI=1S/C15H25NO6/c1-10(2)12(17)21-11(3)22-14(20)16-9-15(13(18)19)7-5-4-6-8-15/h10-11H,4-9H2,1-3H3,(H,16,20)(H,18,19). The van der Waals surface area contributed by atoms with Crippen LogP contribution in [-0.4, -0.2) is 36.0 Å². The molecule has 22 heavy (non-hydrogen) atoms. The quantitative estimate of drug-likeness (QED) is 0.576. The number of alkyl carbamates (subject to hydrolysis) is 1. The molecular weight excluding hydrogens is 290 g/mol. The molecule has 1 fully saturated rings. The number of carbonyl (C=O) groups excluding carboxylic acids is 2. The molecule has 0 aliphatic heterocycles. The molecule has 1 atom stereocenters. The molecule has 1 rings (SSSR count). The van der Waals surface area contributed by atoms with E-state index in [0.29, 0.717) is 12.8 Å². The first kappa shape index (κ1) is 18.3. The summed E-state index contributed by atoms with van der Waals surface area (Å²) in [7, 11) is 0. The van der Waals surface area contributed by atoms with Crippen molar-refractivity contribution in [1.29, 1.82) is 0 Å². The molecule has 126 valence electrons. The zero-order valence-electron chi connectivity index (χ0n) is 13.4. The first-order valence-corrected chi connectivity index (χ1v) is 7.65. The molecule has 1 saturated carbocycles. The van der Waals surface area contributed by atoms with Crippen LogP contribution >= 0.6 is 0 Å². The number of carboxylic acids is 1. The van der Waals surface area contributed by atoms with Gasteiger partial charge in [0.05, 0.1) is 11.3 Å². The minimum atomic E-state index is -1.01. The van der Waals surface area contributed by atoms with Gasteiger partial charge in [0.25, 0.3) is 0 Å². The normalized spacial score (nSPS) is 18.4. The number of nitrogens with one attached hydrogen (secondary N) is 1. The largest absolute Gasteiger partial charge is 0.481 e. The van der Waals surface area contributed by atoms with Gasteiger partial charge in [-0.15, -0.1) is 0 Å². The minimum absolute atomic E-state index is 0.0199. The van der Waals surface area contributed by atoms with Gasteiger partial charge in [-0.3, -0.25) is 9.59 Å². The summed E-state index contributed by atoms with van der Waals surface area (Å²) >= 11 is 0. The number of ether oxygens (including phenoxy) is 2. The first-order valence-electron chi connectivity index (χ1n) is 7.65. The number of rotatable bonds is 6. The Kier molecular flexibility index (Phi) is 6.64. The molecule has 1 amide bonds. The van der Waals surface area contributed by atoms with E-state index in [1.54, 1.807) is 13.8 Å². The second-order valence-corrected chi connectivity index (χ2v) is 6.06. The molecule has 0 aromatic carbocycles. The first-order chi connectivity index (χ1) is 10.3. The number of carboxylic acid groups (broad SMARTS) is 1. The fourth-order valence-corrected chi connectivity index (χ4v) is 2.45. The third-order valence-corrected chi connectivity index (χ3v) is 3.86. The Morgan fingerprint density at radius 3 is 2.18 bits per heavy atom. The van der Waals surface area contributed by atoms with E-state index in [2.05, 4.69) is 5.32 Å². The highest BCUT2D eigenvalue weighted by Gasteiger charge is 2.40. The van der Waals surface area contributed by atoms with Crippen LogP contribution in [-0.2, 0) is 19.1 Å². The molecule has 1 aliphatic rings. The van der Waals surface area contributed by atoms with Crippen LogP contribution in [0.2, 0.25) is 0 Å². The second-order valence-electron chi connectivity index (χ2n) is 6.06. The topological polar surface area (TPSA) is 102 Å². The van der Waals surface area contributed by atoms with Gasteiger partial charge < -0.3 is 19.9 Å². The van der Waals surface area contributed by atoms with Crippen molar-refractivity contribution in [3.63, 3.8) is 0 Å². The summed E-state index contributed by atoms with van der Waals surface area (Å²) in [5.41, 5.74) is -0.922. The van der Waals surface area contributed by atoms with Crippen LogP contribution in [0.4, 0.5) is 4.79 Å². The van der Waals surface area contributed by atoms with Gasteiger partial charge in [0.15, 0.2) is 0 Å². The van der Waals surface area contributed by atoms with Crippen molar-refractivity contribution in [1.82, 2.24) is 5.32 Å². The summed E-state index contributed by atoms with van der Waals surface area (Å²) in [6, 6.07) is 0. The Morgan fingerprint density at radius 1 is 1.09 bits per heavy atom. The Balaban J connectivity index is 2.44. The molecule has 0 heterocycles. The summed E-state index contributed by atoms with van der Waals surface area (Å²) in [4.78, 5) is 34.5. The maximum absolute atomic E-state index is 11.7. The number of aliphatic carboxylic acids is 1. The minimum Gasteiger partial charge on any atom is -0.481 e. The number of hydrogen-bond donors (Lipinski definition) is 2. The van der Waals surface area contributed by atoms with Gasteiger partial charge in [-0.05, 0) is 12.8 Å². The zero-order chi connectivity index (χ0) is 16.8. The van der Waals surface area contributed by atoms with Crippen LogP contribution in [0.15, 0.2) is 0 Å².